The van der Waals surface area contributed by atoms with Crippen molar-refractivity contribution in [3.63, 3.8) is 0 Å². The molecule has 35 heavy (non-hydrogen) atoms. The van der Waals surface area contributed by atoms with Crippen molar-refractivity contribution in [3.05, 3.63) is 68.9 Å². The van der Waals surface area contributed by atoms with Gasteiger partial charge in [-0.1, -0.05) is 17.7 Å². The summed E-state index contributed by atoms with van der Waals surface area (Å²) in [6.45, 7) is 0.274. The molecule has 2 heterocycles. The molecular weight excluding hydrogens is 475 g/mol. The van der Waals surface area contributed by atoms with Crippen molar-refractivity contribution in [1.29, 1.82) is 0 Å². The second-order valence-electron chi connectivity index (χ2n) is 10.3. The topological polar surface area (TPSA) is 108 Å². The minimum Gasteiger partial charge on any atom is -0.303 e. The van der Waals surface area contributed by atoms with Crippen molar-refractivity contribution in [2.45, 2.75) is 50.6 Å². The van der Waals surface area contributed by atoms with Crippen molar-refractivity contribution in [2.75, 3.05) is 5.32 Å². The second-order valence-corrected chi connectivity index (χ2v) is 10.7. The van der Waals surface area contributed by atoms with Gasteiger partial charge in [0.25, 0.3) is 5.91 Å². The molecule has 3 aromatic rings. The van der Waals surface area contributed by atoms with Crippen LogP contribution in [-0.2, 0) is 12.1 Å². The number of amides is 1. The molecule has 1 aromatic carbocycles. The van der Waals surface area contributed by atoms with E-state index in [1.54, 1.807) is 23.0 Å². The fourth-order valence-electron chi connectivity index (χ4n) is 6.77. The lowest BCUT2D eigenvalue weighted by atomic mass is 9.53. The SMILES string of the molecule is O=C(Nc1ccn(Cc2ccc(F)cc2Cl)n1)c1nn(C23CC4CC(CC(C4)C2)C3)cc1[N+](=O)[O-]. The molecule has 182 valence electrons. The van der Waals surface area contributed by atoms with Gasteiger partial charge >= 0.3 is 5.69 Å². The highest BCUT2D eigenvalue weighted by atomic mass is 35.5. The van der Waals surface area contributed by atoms with E-state index >= 15 is 0 Å². The highest BCUT2D eigenvalue weighted by molar-refractivity contribution is 6.31. The van der Waals surface area contributed by atoms with Crippen LogP contribution in [0.5, 0.6) is 0 Å². The lowest BCUT2D eigenvalue weighted by Gasteiger charge is -2.56. The summed E-state index contributed by atoms with van der Waals surface area (Å²) in [5, 5.41) is 23.5. The van der Waals surface area contributed by atoms with Gasteiger partial charge in [-0.2, -0.15) is 10.2 Å². The normalized spacial score (nSPS) is 26.7. The average Bonchev–Trinajstić information content (AvgIpc) is 3.42. The molecule has 1 amide bonds. The van der Waals surface area contributed by atoms with Gasteiger partial charge < -0.3 is 5.32 Å². The zero-order chi connectivity index (χ0) is 24.3. The van der Waals surface area contributed by atoms with Crippen LogP contribution in [0.15, 0.2) is 36.7 Å². The van der Waals surface area contributed by atoms with Crippen LogP contribution in [-0.4, -0.2) is 30.4 Å². The summed E-state index contributed by atoms with van der Waals surface area (Å²) in [4.78, 5) is 24.3. The summed E-state index contributed by atoms with van der Waals surface area (Å²) in [6.07, 6.45) is 9.69. The van der Waals surface area contributed by atoms with E-state index < -0.39 is 16.6 Å². The van der Waals surface area contributed by atoms with E-state index in [2.05, 4.69) is 15.5 Å². The summed E-state index contributed by atoms with van der Waals surface area (Å²) in [5.74, 6) is 1.04. The Morgan fingerprint density at radius 1 is 1.17 bits per heavy atom. The molecular formula is C24H24ClFN6O3. The Morgan fingerprint density at radius 2 is 1.86 bits per heavy atom. The Morgan fingerprint density at radius 3 is 2.49 bits per heavy atom. The van der Waals surface area contributed by atoms with Crippen LogP contribution in [0, 0.1) is 33.7 Å². The van der Waals surface area contributed by atoms with E-state index in [0.717, 1.165) is 19.3 Å². The van der Waals surface area contributed by atoms with E-state index in [-0.39, 0.29) is 34.3 Å². The van der Waals surface area contributed by atoms with E-state index in [1.165, 1.54) is 42.3 Å². The molecule has 2 aromatic heterocycles. The number of nitrogens with one attached hydrogen (secondary N) is 1. The highest BCUT2D eigenvalue weighted by Gasteiger charge is 2.53. The third kappa shape index (κ3) is 3.99. The van der Waals surface area contributed by atoms with Crippen LogP contribution in [0.4, 0.5) is 15.9 Å². The average molecular weight is 499 g/mol. The molecule has 0 atom stereocenters. The zero-order valence-electron chi connectivity index (χ0n) is 18.9. The molecule has 4 fully saturated rings. The fraction of sp³-hybridized carbons (Fsp3) is 0.458. The predicted molar refractivity (Wildman–Crippen MR) is 126 cm³/mol. The summed E-state index contributed by atoms with van der Waals surface area (Å²) in [7, 11) is 0. The predicted octanol–water partition coefficient (Wildman–Crippen LogP) is 5.01. The monoisotopic (exact) mass is 498 g/mol. The molecule has 0 saturated heterocycles. The number of rotatable bonds is 6. The first-order valence-electron chi connectivity index (χ1n) is 11.8. The quantitative estimate of drug-likeness (QED) is 0.380. The summed E-state index contributed by atoms with van der Waals surface area (Å²) < 4.78 is 16.5. The first kappa shape index (κ1) is 22.2. The number of nitrogens with zero attached hydrogens (tertiary/aromatic N) is 5. The molecule has 4 aliphatic carbocycles. The number of anilines is 1. The van der Waals surface area contributed by atoms with Crippen molar-refractivity contribution < 1.29 is 14.1 Å². The smallest absolute Gasteiger partial charge is 0.303 e. The molecule has 0 radical (unpaired) electrons. The number of hydrogen-bond acceptors (Lipinski definition) is 5. The molecule has 9 nitrogen and oxygen atoms in total. The van der Waals surface area contributed by atoms with Crippen molar-refractivity contribution in [2.24, 2.45) is 17.8 Å². The standard InChI is InChI=1S/C24H24ClFN6O3/c25-19-8-18(26)2-1-17(19)12-30-4-3-21(28-30)27-23(33)22-20(32(34)35)13-31(29-22)24-9-14-5-15(10-24)7-16(6-14)11-24/h1-4,8,13-16H,5-7,9-12H2,(H,27,28,33). The van der Waals surface area contributed by atoms with Gasteiger partial charge in [-0.3, -0.25) is 24.3 Å². The number of aromatic nitrogens is 4. The minimum atomic E-state index is -0.676. The summed E-state index contributed by atoms with van der Waals surface area (Å²) in [6, 6.07) is 5.68. The Hall–Kier alpha value is -3.27. The van der Waals surface area contributed by atoms with Crippen molar-refractivity contribution in [3.8, 4) is 0 Å². The molecule has 4 bridgehead atoms. The van der Waals surface area contributed by atoms with Crippen LogP contribution in [0.3, 0.4) is 0 Å². The van der Waals surface area contributed by atoms with Crippen LogP contribution >= 0.6 is 11.6 Å². The molecule has 1 N–H and O–H groups in total. The van der Waals surface area contributed by atoms with Gasteiger partial charge in [-0.05, 0) is 74.0 Å². The third-order valence-corrected chi connectivity index (χ3v) is 8.18. The Labute approximate surface area is 205 Å². The maximum absolute atomic E-state index is 13.3. The minimum absolute atomic E-state index is 0.207. The van der Waals surface area contributed by atoms with Crippen molar-refractivity contribution >= 4 is 29.0 Å². The fourth-order valence-corrected chi connectivity index (χ4v) is 6.99. The van der Waals surface area contributed by atoms with Gasteiger partial charge in [-0.15, -0.1) is 0 Å². The molecule has 0 aliphatic heterocycles. The van der Waals surface area contributed by atoms with Gasteiger partial charge in [0.15, 0.2) is 5.82 Å². The summed E-state index contributed by atoms with van der Waals surface area (Å²) >= 11 is 6.09. The first-order chi connectivity index (χ1) is 16.8. The number of carbonyl (C=O) groups excluding carboxylic acids is 1. The Kier molecular flexibility index (Phi) is 5.17. The molecule has 0 unspecified atom stereocenters. The Bertz CT molecular complexity index is 1300. The van der Waals surface area contributed by atoms with Crippen LogP contribution < -0.4 is 5.32 Å². The molecule has 4 saturated carbocycles. The highest BCUT2D eigenvalue weighted by Crippen LogP contribution is 2.58. The van der Waals surface area contributed by atoms with Gasteiger partial charge in [0.05, 0.1) is 17.0 Å². The van der Waals surface area contributed by atoms with E-state index in [0.29, 0.717) is 23.3 Å². The third-order valence-electron chi connectivity index (χ3n) is 7.83. The number of carbonyl (C=O) groups is 1. The summed E-state index contributed by atoms with van der Waals surface area (Å²) in [5.41, 5.74) is -0.0646. The number of hydrogen-bond donors (Lipinski definition) is 1. The number of benzene rings is 1. The second kappa shape index (κ2) is 8.15. The number of halogens is 2. The van der Waals surface area contributed by atoms with Gasteiger partial charge in [-0.25, -0.2) is 4.39 Å². The van der Waals surface area contributed by atoms with E-state index in [4.69, 9.17) is 11.6 Å². The van der Waals surface area contributed by atoms with E-state index in [9.17, 15) is 19.3 Å². The molecule has 4 aliphatic rings. The molecule has 11 heteroatoms. The molecule has 0 spiro atoms. The largest absolute Gasteiger partial charge is 0.320 e. The lowest BCUT2D eigenvalue weighted by Crippen LogP contribution is -2.52. The van der Waals surface area contributed by atoms with Crippen LogP contribution in [0.1, 0.15) is 54.6 Å². The van der Waals surface area contributed by atoms with Crippen LogP contribution in [0.2, 0.25) is 5.02 Å². The van der Waals surface area contributed by atoms with Gasteiger partial charge in [0.2, 0.25) is 5.69 Å². The van der Waals surface area contributed by atoms with Crippen LogP contribution in [0.25, 0.3) is 0 Å². The van der Waals surface area contributed by atoms with Crippen molar-refractivity contribution in [1.82, 2.24) is 19.6 Å². The number of nitro groups is 1. The zero-order valence-corrected chi connectivity index (χ0v) is 19.6. The maximum Gasteiger partial charge on any atom is 0.320 e. The maximum atomic E-state index is 13.3. The van der Waals surface area contributed by atoms with E-state index in [1.807, 2.05) is 0 Å². The van der Waals surface area contributed by atoms with Gasteiger partial charge in [0, 0.05) is 17.3 Å². The molecule has 7 rings (SSSR count). The lowest BCUT2D eigenvalue weighted by molar-refractivity contribution is -0.385. The first-order valence-corrected chi connectivity index (χ1v) is 12.2. The Balaban J connectivity index is 1.22. The van der Waals surface area contributed by atoms with Gasteiger partial charge in [0.1, 0.15) is 12.0 Å².